The van der Waals surface area contributed by atoms with Crippen LogP contribution in [0.1, 0.15) is 78.8 Å². The number of ether oxygens (including phenoxy) is 3. The van der Waals surface area contributed by atoms with Gasteiger partial charge in [-0.05, 0) is 120 Å². The Kier molecular flexibility index (Phi) is 10.2. The van der Waals surface area contributed by atoms with Gasteiger partial charge in [0.05, 0.1) is 19.9 Å². The molecule has 1 fully saturated rings. The van der Waals surface area contributed by atoms with Gasteiger partial charge in [-0.15, -0.1) is 0 Å². The molecule has 0 unspecified atom stereocenters. The Morgan fingerprint density at radius 3 is 2.51 bits per heavy atom. The molecule has 4 N–H and O–H groups in total. The zero-order valence-corrected chi connectivity index (χ0v) is 31.3. The van der Waals surface area contributed by atoms with Crippen molar-refractivity contribution in [2.24, 2.45) is 23.7 Å². The zero-order valence-electron chi connectivity index (χ0n) is 31.3. The summed E-state index contributed by atoms with van der Waals surface area (Å²) < 4.78 is 17.1. The molecule has 0 radical (unpaired) electrons. The van der Waals surface area contributed by atoms with Crippen LogP contribution in [0.5, 0.6) is 23.0 Å². The van der Waals surface area contributed by atoms with Gasteiger partial charge in [-0.1, -0.05) is 48.3 Å². The molecule has 284 valence electrons. The number of aryl methyl sites for hydroxylation is 1. The molecule has 1 aliphatic heterocycles. The maximum atomic E-state index is 14.5. The van der Waals surface area contributed by atoms with Crippen molar-refractivity contribution in [2.75, 3.05) is 20.8 Å². The summed E-state index contributed by atoms with van der Waals surface area (Å²) in [6, 6.07) is 17.0. The third kappa shape index (κ3) is 7.00. The minimum Gasteiger partial charge on any atom is -0.504 e. The molecule has 1 aromatic heterocycles. The Morgan fingerprint density at radius 1 is 0.891 bits per heavy atom. The maximum absolute atomic E-state index is 14.5. The normalized spacial score (nSPS) is 24.7. The van der Waals surface area contributed by atoms with E-state index in [1.807, 2.05) is 18.2 Å². The van der Waals surface area contributed by atoms with Crippen LogP contribution in [0.15, 0.2) is 72.3 Å². The van der Waals surface area contributed by atoms with E-state index in [0.717, 1.165) is 57.3 Å². The number of aromatic hydroxyl groups is 2. The van der Waals surface area contributed by atoms with E-state index in [4.69, 9.17) is 14.2 Å². The number of benzene rings is 3. The number of H-pyrrole nitrogens is 1. The van der Waals surface area contributed by atoms with Gasteiger partial charge in [0.1, 0.15) is 18.3 Å². The summed E-state index contributed by atoms with van der Waals surface area (Å²) in [4.78, 5) is 31.6. The van der Waals surface area contributed by atoms with Gasteiger partial charge in [0.15, 0.2) is 23.0 Å². The Balaban J connectivity index is 1.29. The highest BCUT2D eigenvalue weighted by Gasteiger charge is 2.47. The number of aromatic amines is 1. The first-order valence-electron chi connectivity index (χ1n) is 19.3. The number of para-hydroxylation sites is 1. The third-order valence-electron chi connectivity index (χ3n) is 12.4. The van der Waals surface area contributed by atoms with Crippen LogP contribution in [-0.4, -0.2) is 59.0 Å². The molecule has 0 saturated heterocycles. The first-order chi connectivity index (χ1) is 26.8. The molecule has 9 nitrogen and oxygen atoms in total. The highest BCUT2D eigenvalue weighted by Crippen LogP contribution is 2.58. The second-order valence-corrected chi connectivity index (χ2v) is 15.4. The molecule has 6 atom stereocenters. The monoisotopic (exact) mass is 741 g/mol. The molecule has 4 aliphatic rings. The molecule has 9 heteroatoms. The van der Waals surface area contributed by atoms with Crippen LogP contribution in [-0.2, 0) is 27.2 Å². The highest BCUT2D eigenvalue weighted by atomic mass is 16.5. The number of fused-ring (bicyclic) bond motifs is 6. The smallest absolute Gasteiger partial charge is 0.318 e. The summed E-state index contributed by atoms with van der Waals surface area (Å²) in [6.07, 6.45) is 7.71. The predicted octanol–water partition coefficient (Wildman–Crippen LogP) is 7.55. The Bertz CT molecular complexity index is 2270. The SMILES string of the molecule is COc1cc(CC[C@@H]2CC(=O)C[C@H]3c4cc(OC)c(O)cc4C(=C4C=C[C@@H]5C[C@H]4[C@H]3C[C@H]5CCO)c3[nH]c4ccccc4c3CC#CCC(=O)O2)ccc1O. The van der Waals surface area contributed by atoms with Crippen LogP contribution in [0.2, 0.25) is 0 Å². The quantitative estimate of drug-likeness (QED) is 0.113. The fourth-order valence-corrected chi connectivity index (χ4v) is 9.80. The number of phenolic OH excluding ortho intramolecular Hbond substituents is 2. The average molecular weight is 742 g/mol. The van der Waals surface area contributed by atoms with Crippen LogP contribution < -0.4 is 9.47 Å². The number of esters is 1. The fraction of sp³-hybridized carbons (Fsp3) is 0.391. The van der Waals surface area contributed by atoms with E-state index < -0.39 is 12.1 Å². The largest absolute Gasteiger partial charge is 0.504 e. The Hall–Kier alpha value is -5.46. The number of cyclic esters (lactones) is 1. The van der Waals surface area contributed by atoms with E-state index in [-0.39, 0.29) is 66.8 Å². The molecule has 0 spiro atoms. The molecule has 0 amide bonds. The van der Waals surface area contributed by atoms with Gasteiger partial charge in [0.2, 0.25) is 0 Å². The van der Waals surface area contributed by atoms with Gasteiger partial charge in [-0.3, -0.25) is 9.59 Å². The third-order valence-corrected chi connectivity index (χ3v) is 12.4. The molecular weight excluding hydrogens is 695 g/mol. The van der Waals surface area contributed by atoms with Crippen molar-refractivity contribution in [2.45, 2.75) is 69.8 Å². The lowest BCUT2D eigenvalue weighted by Crippen LogP contribution is -2.38. The van der Waals surface area contributed by atoms with Crippen molar-refractivity contribution in [3.8, 4) is 34.8 Å². The summed E-state index contributed by atoms with van der Waals surface area (Å²) >= 11 is 0. The number of hydrogen-bond acceptors (Lipinski definition) is 8. The number of Topliss-reactive ketones (excluding diaryl/α,β-unsaturated/α-hetero) is 1. The van der Waals surface area contributed by atoms with Crippen LogP contribution in [0.3, 0.4) is 0 Å². The van der Waals surface area contributed by atoms with Gasteiger partial charge in [-0.25, -0.2) is 0 Å². The van der Waals surface area contributed by atoms with Crippen LogP contribution in [0.4, 0.5) is 0 Å². The predicted molar refractivity (Wildman–Crippen MR) is 209 cm³/mol. The minimum absolute atomic E-state index is 0.0225. The van der Waals surface area contributed by atoms with Gasteiger partial charge < -0.3 is 34.5 Å². The second kappa shape index (κ2) is 15.3. The second-order valence-electron chi connectivity index (χ2n) is 15.4. The molecule has 55 heavy (non-hydrogen) atoms. The van der Waals surface area contributed by atoms with E-state index >= 15 is 0 Å². The number of hydrogen-bond donors (Lipinski definition) is 4. The fourth-order valence-electron chi connectivity index (χ4n) is 9.80. The van der Waals surface area contributed by atoms with Gasteiger partial charge in [0.25, 0.3) is 0 Å². The first-order valence-corrected chi connectivity index (χ1v) is 19.3. The summed E-state index contributed by atoms with van der Waals surface area (Å²) in [5, 5.41) is 32.7. The highest BCUT2D eigenvalue weighted by molar-refractivity contribution is 5.96. The molecule has 3 aliphatic carbocycles. The number of aromatic nitrogens is 1. The van der Waals surface area contributed by atoms with Crippen LogP contribution in [0.25, 0.3) is 16.5 Å². The number of aliphatic hydroxyl groups excluding tert-OH is 1. The number of allylic oxidation sites excluding steroid dienone is 3. The Morgan fingerprint density at radius 2 is 1.69 bits per heavy atom. The number of carbonyl (C=O) groups is 2. The molecule has 8 rings (SSSR count). The lowest BCUT2D eigenvalue weighted by atomic mass is 9.58. The summed E-state index contributed by atoms with van der Waals surface area (Å²) in [5.74, 6) is 7.10. The number of carbonyl (C=O) groups excluding carboxylic acids is 2. The van der Waals surface area contributed by atoms with E-state index in [9.17, 15) is 24.9 Å². The van der Waals surface area contributed by atoms with E-state index in [1.165, 1.54) is 19.8 Å². The summed E-state index contributed by atoms with van der Waals surface area (Å²) in [5.41, 5.74) is 7.74. The molecule has 4 bridgehead atoms. The van der Waals surface area contributed by atoms with Crippen molar-refractivity contribution >= 4 is 28.2 Å². The van der Waals surface area contributed by atoms with Crippen molar-refractivity contribution in [3.05, 3.63) is 100 Å². The molecule has 2 heterocycles. The van der Waals surface area contributed by atoms with Crippen molar-refractivity contribution < 1.29 is 39.1 Å². The number of phenols is 2. The number of ketones is 1. The Labute approximate surface area is 321 Å². The molecule has 3 aromatic carbocycles. The van der Waals surface area contributed by atoms with Crippen molar-refractivity contribution in [3.63, 3.8) is 0 Å². The molecule has 4 aromatic rings. The molecule has 1 saturated carbocycles. The van der Waals surface area contributed by atoms with Crippen molar-refractivity contribution in [1.29, 1.82) is 0 Å². The average Bonchev–Trinajstić information content (AvgIpc) is 3.49. The number of methoxy groups -OCH3 is 2. The lowest BCUT2D eigenvalue weighted by molar-refractivity contribution is -0.149. The zero-order chi connectivity index (χ0) is 38.2. The van der Waals surface area contributed by atoms with E-state index in [1.54, 1.807) is 24.3 Å². The summed E-state index contributed by atoms with van der Waals surface area (Å²) in [7, 11) is 3.03. The number of rotatable bonds is 7. The number of aliphatic hydroxyl groups is 1. The molecular formula is C46H47NO8. The van der Waals surface area contributed by atoms with Gasteiger partial charge >= 0.3 is 5.97 Å². The lowest BCUT2D eigenvalue weighted by Gasteiger charge is -2.46. The standard InChI is InChI=1S/C46H47NO8/c1-53-42-19-26(12-16-40(42)50)11-14-30-22-29(49)23-36-35-21-28(17-18-48)27-13-15-32(34(35)20-27)45(38-24-41(51)43(54-2)25-37(36)38)46-33(8-4-6-10-44(52)55-30)31-7-3-5-9-39(31)47-46/h3,5,7,9,12-13,15-16,19,24-25,27-28,30,34-36,47-48,50-51H,8,10-11,14,17-18,20-23H2,1-2H3/t27-,28-,30-,34-,35-,36-/m1/s1. The van der Waals surface area contributed by atoms with Crippen LogP contribution >= 0.6 is 0 Å². The topological polar surface area (TPSA) is 138 Å². The van der Waals surface area contributed by atoms with E-state index in [0.29, 0.717) is 43.1 Å². The van der Waals surface area contributed by atoms with Gasteiger partial charge in [0, 0.05) is 42.3 Å². The van der Waals surface area contributed by atoms with Crippen LogP contribution in [0, 0.1) is 35.5 Å². The van der Waals surface area contributed by atoms with Gasteiger partial charge in [-0.2, -0.15) is 0 Å². The number of nitrogens with one attached hydrogen (secondary N) is 1. The first kappa shape index (κ1) is 36.5. The maximum Gasteiger partial charge on any atom is 0.318 e. The van der Waals surface area contributed by atoms with E-state index in [2.05, 4.69) is 41.1 Å². The minimum atomic E-state index is -0.686. The summed E-state index contributed by atoms with van der Waals surface area (Å²) in [6.45, 7) is 0.0988. The van der Waals surface area contributed by atoms with Crippen molar-refractivity contribution in [1.82, 2.24) is 4.98 Å².